The standard InChI is InChI=1S/C13H16N4O2S.C9H13N3S.C7H8/c1-2-20-9-14-8-11-16-10-4-3-5-15-12(10)13(19)17(11)6-7-18;1-11-5-7-2-6-4-12-9(10)3-8(6)13-7;1-7-5-3-2-4-6-7/h2,7,9,15H,1,3-6,8H2;2-4,6,8,11H,5,10H2,1H3;2-6H,1H3. The molecule has 3 aliphatic heterocycles. The Morgan fingerprint density at radius 1 is 1.32 bits per heavy atom. The molecule has 2 unspecified atom stereocenters. The SMILES string of the molecule is C=CSC=NCc1nc2c(c(=O)n1CC=O)NCCC2.CNCC1=CC2C=NC(N)=CC2S1.Cc1ccccc1. The number of aliphatic imine (C=N–C) groups is 2. The first kappa shape index (κ1) is 31.1. The van der Waals surface area contributed by atoms with Crippen LogP contribution in [0.5, 0.6) is 0 Å². The first-order chi connectivity index (χ1) is 19.5. The number of nitrogens with two attached hydrogens (primary N) is 1. The first-order valence-electron chi connectivity index (χ1n) is 13.1. The molecular formula is C29H37N7O2S2. The molecule has 1 aromatic carbocycles. The van der Waals surface area contributed by atoms with Gasteiger partial charge in [0.2, 0.25) is 0 Å². The molecule has 2 aromatic rings. The van der Waals surface area contributed by atoms with Crippen molar-refractivity contribution in [2.45, 2.75) is 38.1 Å². The van der Waals surface area contributed by atoms with Gasteiger partial charge in [0.15, 0.2) is 0 Å². The molecule has 0 bridgehead atoms. The van der Waals surface area contributed by atoms with E-state index in [0.717, 1.165) is 31.6 Å². The van der Waals surface area contributed by atoms with Crippen molar-refractivity contribution in [1.29, 1.82) is 0 Å². The Kier molecular flexibility index (Phi) is 12.9. The van der Waals surface area contributed by atoms with Crippen LogP contribution < -0.4 is 21.9 Å². The number of benzene rings is 1. The average molecular weight is 580 g/mol. The van der Waals surface area contributed by atoms with E-state index in [0.29, 0.717) is 34.8 Å². The van der Waals surface area contributed by atoms with Gasteiger partial charge in [-0.3, -0.25) is 14.4 Å². The molecule has 4 N–H and O–H groups in total. The Balaban J connectivity index is 0.000000187. The molecule has 0 amide bonds. The number of likely N-dealkylation sites (N-methyl/N-ethyl adjacent to an activating group) is 1. The summed E-state index contributed by atoms with van der Waals surface area (Å²) in [5, 5.41) is 8.34. The summed E-state index contributed by atoms with van der Waals surface area (Å²) in [7, 11) is 1.96. The van der Waals surface area contributed by atoms with Crippen LogP contribution in [0.3, 0.4) is 0 Å². The number of nitrogens with zero attached hydrogens (tertiary/aromatic N) is 4. The van der Waals surface area contributed by atoms with Gasteiger partial charge in [0, 0.05) is 30.5 Å². The zero-order valence-electron chi connectivity index (χ0n) is 23.0. The van der Waals surface area contributed by atoms with E-state index in [1.165, 1.54) is 26.8 Å². The Morgan fingerprint density at radius 2 is 2.12 bits per heavy atom. The van der Waals surface area contributed by atoms with E-state index in [1.54, 1.807) is 11.0 Å². The van der Waals surface area contributed by atoms with Gasteiger partial charge in [0.1, 0.15) is 23.6 Å². The van der Waals surface area contributed by atoms with Crippen LogP contribution in [0.4, 0.5) is 5.69 Å². The van der Waals surface area contributed by atoms with E-state index in [-0.39, 0.29) is 18.6 Å². The molecule has 1 aromatic heterocycles. The number of thioether (sulfide) groups is 2. The Labute approximate surface area is 244 Å². The van der Waals surface area contributed by atoms with Gasteiger partial charge < -0.3 is 21.2 Å². The molecule has 2 atom stereocenters. The fraction of sp³-hybridized carbons (Fsp3) is 0.345. The maximum atomic E-state index is 12.3. The van der Waals surface area contributed by atoms with E-state index >= 15 is 0 Å². The number of allylic oxidation sites excluding steroid dienone is 1. The predicted octanol–water partition coefficient (Wildman–Crippen LogP) is 3.91. The highest BCUT2D eigenvalue weighted by Crippen LogP contribution is 2.37. The lowest BCUT2D eigenvalue weighted by Crippen LogP contribution is -2.32. The van der Waals surface area contributed by atoms with Gasteiger partial charge in [-0.05, 0) is 43.2 Å². The molecule has 0 spiro atoms. The van der Waals surface area contributed by atoms with Gasteiger partial charge in [-0.2, -0.15) is 0 Å². The highest BCUT2D eigenvalue weighted by atomic mass is 32.2. The number of fused-ring (bicyclic) bond motifs is 2. The largest absolute Gasteiger partial charge is 0.384 e. The van der Waals surface area contributed by atoms with E-state index in [9.17, 15) is 9.59 Å². The monoisotopic (exact) mass is 579 g/mol. The van der Waals surface area contributed by atoms with Gasteiger partial charge in [-0.15, -0.1) is 11.8 Å². The van der Waals surface area contributed by atoms with E-state index in [2.05, 4.69) is 57.3 Å². The minimum absolute atomic E-state index is 0.000246. The summed E-state index contributed by atoms with van der Waals surface area (Å²) in [5.41, 5.74) is 9.68. The summed E-state index contributed by atoms with van der Waals surface area (Å²) in [4.78, 5) is 37.2. The van der Waals surface area contributed by atoms with Gasteiger partial charge in [0.25, 0.3) is 5.56 Å². The van der Waals surface area contributed by atoms with Crippen molar-refractivity contribution in [3.8, 4) is 0 Å². The number of aryl methyl sites for hydroxylation is 2. The summed E-state index contributed by atoms with van der Waals surface area (Å²) >= 11 is 3.23. The molecule has 3 aliphatic rings. The molecule has 9 nitrogen and oxygen atoms in total. The number of aromatic nitrogens is 2. The second-order valence-electron chi connectivity index (χ2n) is 9.06. The zero-order chi connectivity index (χ0) is 28.7. The highest BCUT2D eigenvalue weighted by Gasteiger charge is 2.27. The van der Waals surface area contributed by atoms with Crippen LogP contribution in [0, 0.1) is 12.8 Å². The summed E-state index contributed by atoms with van der Waals surface area (Å²) in [6.07, 6.45) is 8.66. The summed E-state index contributed by atoms with van der Waals surface area (Å²) in [6.45, 7) is 7.63. The number of carbonyl (C=O) groups is 1. The normalized spacial score (nSPS) is 18.6. The number of hydrogen-bond acceptors (Lipinski definition) is 10. The van der Waals surface area contributed by atoms with Crippen molar-refractivity contribution >= 4 is 47.3 Å². The number of hydrogen-bond donors (Lipinski definition) is 3. The lowest BCUT2D eigenvalue weighted by atomic mass is 10.0. The molecule has 40 heavy (non-hydrogen) atoms. The number of nitrogens with one attached hydrogen (secondary N) is 2. The third-order valence-electron chi connectivity index (χ3n) is 6.00. The molecule has 11 heteroatoms. The van der Waals surface area contributed by atoms with Crippen molar-refractivity contribution in [3.05, 3.63) is 92.6 Å². The number of carbonyl (C=O) groups excluding carboxylic acids is 1. The average Bonchev–Trinajstić information content (AvgIpc) is 3.36. The van der Waals surface area contributed by atoms with Gasteiger partial charge in [-0.25, -0.2) is 9.98 Å². The maximum Gasteiger partial charge on any atom is 0.277 e. The summed E-state index contributed by atoms with van der Waals surface area (Å²) in [5.74, 6) is 1.61. The van der Waals surface area contributed by atoms with Crippen molar-refractivity contribution in [1.82, 2.24) is 14.9 Å². The van der Waals surface area contributed by atoms with Crippen molar-refractivity contribution < 1.29 is 4.79 Å². The maximum absolute atomic E-state index is 12.3. The van der Waals surface area contributed by atoms with Crippen LogP contribution in [-0.2, 0) is 24.3 Å². The van der Waals surface area contributed by atoms with Crippen LogP contribution in [-0.4, -0.2) is 53.0 Å². The summed E-state index contributed by atoms with van der Waals surface area (Å²) in [6, 6.07) is 10.3. The quantitative estimate of drug-likeness (QED) is 0.244. The lowest BCUT2D eigenvalue weighted by molar-refractivity contribution is -0.108. The molecule has 4 heterocycles. The molecule has 0 saturated carbocycles. The van der Waals surface area contributed by atoms with Gasteiger partial charge >= 0.3 is 0 Å². The van der Waals surface area contributed by atoms with Gasteiger partial charge in [0.05, 0.1) is 24.3 Å². The Hall–Kier alpha value is -3.41. The lowest BCUT2D eigenvalue weighted by Gasteiger charge is -2.19. The van der Waals surface area contributed by atoms with Crippen LogP contribution in [0.2, 0.25) is 0 Å². The fourth-order valence-electron chi connectivity index (χ4n) is 4.13. The first-order valence-corrected chi connectivity index (χ1v) is 14.9. The molecule has 0 fully saturated rings. The molecule has 0 saturated heterocycles. The van der Waals surface area contributed by atoms with Gasteiger partial charge in [-0.1, -0.05) is 60.3 Å². The molecular weight excluding hydrogens is 543 g/mol. The van der Waals surface area contributed by atoms with E-state index in [1.807, 2.05) is 49.3 Å². The minimum Gasteiger partial charge on any atom is -0.384 e. The predicted molar refractivity (Wildman–Crippen MR) is 170 cm³/mol. The molecule has 0 radical (unpaired) electrons. The Bertz CT molecular complexity index is 1320. The fourth-order valence-corrected chi connectivity index (χ4v) is 5.70. The summed E-state index contributed by atoms with van der Waals surface area (Å²) < 4.78 is 1.38. The minimum atomic E-state index is -0.191. The molecule has 5 rings (SSSR count). The second kappa shape index (κ2) is 16.6. The van der Waals surface area contributed by atoms with Crippen molar-refractivity contribution in [2.24, 2.45) is 21.6 Å². The number of aldehydes is 1. The van der Waals surface area contributed by atoms with Crippen molar-refractivity contribution in [2.75, 3.05) is 25.5 Å². The smallest absolute Gasteiger partial charge is 0.277 e. The topological polar surface area (TPSA) is 127 Å². The van der Waals surface area contributed by atoms with Crippen LogP contribution in [0.15, 0.2) is 80.0 Å². The van der Waals surface area contributed by atoms with Crippen LogP contribution in [0.25, 0.3) is 0 Å². The highest BCUT2D eigenvalue weighted by molar-refractivity contribution is 8.14. The second-order valence-corrected chi connectivity index (χ2v) is 11.2. The number of rotatable bonds is 8. The zero-order valence-corrected chi connectivity index (χ0v) is 24.6. The number of anilines is 1. The van der Waals surface area contributed by atoms with Crippen molar-refractivity contribution in [3.63, 3.8) is 0 Å². The van der Waals surface area contributed by atoms with E-state index < -0.39 is 0 Å². The molecule has 0 aliphatic carbocycles. The molecule has 212 valence electrons. The van der Waals surface area contributed by atoms with Crippen LogP contribution >= 0.6 is 23.5 Å². The Morgan fingerprint density at radius 3 is 2.80 bits per heavy atom. The van der Waals surface area contributed by atoms with E-state index in [4.69, 9.17) is 5.73 Å². The van der Waals surface area contributed by atoms with Crippen LogP contribution in [0.1, 0.15) is 23.5 Å². The third kappa shape index (κ3) is 9.35. The third-order valence-corrected chi connectivity index (χ3v) is 7.77.